The second-order valence-electron chi connectivity index (χ2n) is 5.18. The number of anilines is 2. The summed E-state index contributed by atoms with van der Waals surface area (Å²) in [7, 11) is 1.26. The number of hydrogen-bond donors (Lipinski definition) is 1. The largest absolute Gasteiger partial charge is 0.465 e. The number of carbonyl (C=O) groups is 3. The third-order valence-electron chi connectivity index (χ3n) is 3.40. The summed E-state index contributed by atoms with van der Waals surface area (Å²) < 4.78 is 4.67. The van der Waals surface area contributed by atoms with Gasteiger partial charge in [-0.05, 0) is 30.3 Å². The first-order valence-corrected chi connectivity index (χ1v) is 7.81. The zero-order valence-electron chi connectivity index (χ0n) is 13.8. The fourth-order valence-corrected chi connectivity index (χ4v) is 2.42. The Balaban J connectivity index is 2.24. The summed E-state index contributed by atoms with van der Waals surface area (Å²) in [4.78, 5) is 37.1. The summed E-state index contributed by atoms with van der Waals surface area (Å²) >= 11 is 6.15. The van der Waals surface area contributed by atoms with Gasteiger partial charge in [0, 0.05) is 12.6 Å². The van der Waals surface area contributed by atoms with Crippen LogP contribution < -0.4 is 10.2 Å². The van der Waals surface area contributed by atoms with Crippen LogP contribution in [0.25, 0.3) is 0 Å². The molecule has 2 amide bonds. The van der Waals surface area contributed by atoms with Gasteiger partial charge in [0.2, 0.25) is 11.8 Å². The van der Waals surface area contributed by atoms with E-state index >= 15 is 0 Å². The van der Waals surface area contributed by atoms with Crippen LogP contribution in [-0.2, 0) is 14.3 Å². The molecule has 0 saturated heterocycles. The Bertz CT molecular complexity index is 793. The van der Waals surface area contributed by atoms with Gasteiger partial charge >= 0.3 is 5.97 Å². The molecule has 7 heteroatoms. The number of esters is 1. The van der Waals surface area contributed by atoms with Crippen molar-refractivity contribution in [1.82, 2.24) is 0 Å². The molecule has 0 aliphatic carbocycles. The minimum absolute atomic E-state index is 0.233. The van der Waals surface area contributed by atoms with Gasteiger partial charge in [0.1, 0.15) is 6.54 Å². The molecule has 0 bridgehead atoms. The molecule has 0 aliphatic heterocycles. The van der Waals surface area contributed by atoms with Gasteiger partial charge in [-0.2, -0.15) is 0 Å². The lowest BCUT2D eigenvalue weighted by atomic mass is 10.2. The van der Waals surface area contributed by atoms with Crippen LogP contribution in [0, 0.1) is 0 Å². The lowest BCUT2D eigenvalue weighted by molar-refractivity contribution is -0.120. The van der Waals surface area contributed by atoms with Crippen LogP contribution in [0.1, 0.15) is 17.3 Å². The highest BCUT2D eigenvalue weighted by atomic mass is 35.5. The number of hydrogen-bond acceptors (Lipinski definition) is 4. The number of rotatable bonds is 5. The second-order valence-corrected chi connectivity index (χ2v) is 5.58. The number of amides is 2. The van der Waals surface area contributed by atoms with Gasteiger partial charge in [0.05, 0.1) is 23.4 Å². The van der Waals surface area contributed by atoms with Crippen molar-refractivity contribution in [2.75, 3.05) is 23.9 Å². The number of carbonyl (C=O) groups excluding carboxylic acids is 3. The van der Waals surface area contributed by atoms with Gasteiger partial charge in [-0.25, -0.2) is 4.79 Å². The number of para-hydroxylation sites is 1. The zero-order valence-corrected chi connectivity index (χ0v) is 14.5. The highest BCUT2D eigenvalue weighted by Crippen LogP contribution is 2.27. The predicted molar refractivity (Wildman–Crippen MR) is 95.9 cm³/mol. The van der Waals surface area contributed by atoms with Crippen LogP contribution in [0.3, 0.4) is 0 Å². The summed E-state index contributed by atoms with van der Waals surface area (Å²) in [6, 6.07) is 13.3. The SMILES string of the molecule is COC(=O)c1ccc(Cl)c(N(CC(=O)Nc2ccccc2)C(C)=O)c1. The van der Waals surface area contributed by atoms with Crippen LogP contribution in [0.5, 0.6) is 0 Å². The fraction of sp³-hybridized carbons (Fsp3) is 0.167. The fourth-order valence-electron chi connectivity index (χ4n) is 2.20. The molecule has 130 valence electrons. The molecule has 6 nitrogen and oxygen atoms in total. The van der Waals surface area contributed by atoms with E-state index in [4.69, 9.17) is 11.6 Å². The maximum absolute atomic E-state index is 12.2. The molecular formula is C18H17ClN2O4. The Labute approximate surface area is 150 Å². The van der Waals surface area contributed by atoms with Gasteiger partial charge in [-0.1, -0.05) is 29.8 Å². The Hall–Kier alpha value is -2.86. The Morgan fingerprint density at radius 2 is 1.80 bits per heavy atom. The van der Waals surface area contributed by atoms with Gasteiger partial charge in [0.15, 0.2) is 0 Å². The third kappa shape index (κ3) is 4.81. The normalized spacial score (nSPS) is 10.0. The van der Waals surface area contributed by atoms with Crippen molar-refractivity contribution in [2.24, 2.45) is 0 Å². The van der Waals surface area contributed by atoms with Gasteiger partial charge in [-0.3, -0.25) is 9.59 Å². The molecule has 1 N–H and O–H groups in total. The third-order valence-corrected chi connectivity index (χ3v) is 3.72. The van der Waals surface area contributed by atoms with E-state index < -0.39 is 5.97 Å². The van der Waals surface area contributed by atoms with Crippen molar-refractivity contribution in [3.8, 4) is 0 Å². The van der Waals surface area contributed by atoms with Crippen LogP contribution in [0.15, 0.2) is 48.5 Å². The van der Waals surface area contributed by atoms with E-state index in [2.05, 4.69) is 10.1 Å². The van der Waals surface area contributed by atoms with Gasteiger partial charge in [-0.15, -0.1) is 0 Å². The molecule has 0 atom stereocenters. The van der Waals surface area contributed by atoms with E-state index in [1.54, 1.807) is 24.3 Å². The minimum atomic E-state index is -0.560. The van der Waals surface area contributed by atoms with Crippen molar-refractivity contribution in [1.29, 1.82) is 0 Å². The van der Waals surface area contributed by atoms with Crippen LogP contribution in [0.4, 0.5) is 11.4 Å². The van der Waals surface area contributed by atoms with Crippen molar-refractivity contribution in [2.45, 2.75) is 6.92 Å². The van der Waals surface area contributed by atoms with E-state index in [1.165, 1.54) is 37.1 Å². The summed E-state index contributed by atoms with van der Waals surface area (Å²) in [5, 5.41) is 2.94. The smallest absolute Gasteiger partial charge is 0.337 e. The predicted octanol–water partition coefficient (Wildman–Crippen LogP) is 3.12. The van der Waals surface area contributed by atoms with E-state index in [0.29, 0.717) is 5.69 Å². The summed E-state index contributed by atoms with van der Waals surface area (Å²) in [6.45, 7) is 1.07. The molecule has 0 radical (unpaired) electrons. The summed E-state index contributed by atoms with van der Waals surface area (Å²) in [5.41, 5.74) is 1.11. The lowest BCUT2D eigenvalue weighted by Gasteiger charge is -2.22. The first kappa shape index (κ1) is 18.5. The number of nitrogens with one attached hydrogen (secondary N) is 1. The Morgan fingerprint density at radius 3 is 2.40 bits per heavy atom. The number of halogens is 1. The maximum atomic E-state index is 12.2. The molecule has 2 rings (SSSR count). The van der Waals surface area contributed by atoms with Crippen molar-refractivity contribution < 1.29 is 19.1 Å². The standard InChI is InChI=1S/C18H17ClN2O4/c1-12(22)21(11-17(23)20-14-6-4-3-5-7-14)16-10-13(18(24)25-2)8-9-15(16)19/h3-10H,11H2,1-2H3,(H,20,23). The Kier molecular flexibility index (Phi) is 6.14. The molecule has 2 aromatic carbocycles. The molecule has 0 spiro atoms. The van der Waals surface area contributed by atoms with E-state index in [0.717, 1.165) is 0 Å². The maximum Gasteiger partial charge on any atom is 0.337 e. The topological polar surface area (TPSA) is 75.7 Å². The second kappa shape index (κ2) is 8.30. The molecule has 25 heavy (non-hydrogen) atoms. The van der Waals surface area contributed by atoms with E-state index in [9.17, 15) is 14.4 Å². The molecule has 0 fully saturated rings. The molecule has 0 unspecified atom stereocenters. The summed E-state index contributed by atoms with van der Waals surface area (Å²) in [5.74, 6) is -1.33. The first-order valence-electron chi connectivity index (χ1n) is 7.43. The lowest BCUT2D eigenvalue weighted by Crippen LogP contribution is -2.37. The molecule has 2 aromatic rings. The van der Waals surface area contributed by atoms with Crippen molar-refractivity contribution in [3.05, 3.63) is 59.1 Å². The van der Waals surface area contributed by atoms with Crippen LogP contribution >= 0.6 is 11.6 Å². The van der Waals surface area contributed by atoms with Crippen LogP contribution in [-0.4, -0.2) is 31.4 Å². The van der Waals surface area contributed by atoms with Gasteiger partial charge in [0.25, 0.3) is 0 Å². The average Bonchev–Trinajstić information content (AvgIpc) is 2.60. The van der Waals surface area contributed by atoms with Crippen LogP contribution in [0.2, 0.25) is 5.02 Å². The van der Waals surface area contributed by atoms with Crippen molar-refractivity contribution >= 4 is 40.8 Å². The monoisotopic (exact) mass is 360 g/mol. The highest BCUT2D eigenvalue weighted by molar-refractivity contribution is 6.34. The van der Waals surface area contributed by atoms with Gasteiger partial charge < -0.3 is 15.0 Å². The average molecular weight is 361 g/mol. The molecule has 0 aromatic heterocycles. The number of ether oxygens (including phenoxy) is 1. The Morgan fingerprint density at radius 1 is 1.12 bits per heavy atom. The molecule has 0 saturated carbocycles. The minimum Gasteiger partial charge on any atom is -0.465 e. The van der Waals surface area contributed by atoms with E-state index in [1.807, 2.05) is 6.07 Å². The molecule has 0 aliphatic rings. The first-order chi connectivity index (χ1) is 11.9. The molecular weight excluding hydrogens is 344 g/mol. The highest BCUT2D eigenvalue weighted by Gasteiger charge is 2.20. The molecule has 0 heterocycles. The zero-order chi connectivity index (χ0) is 18.4. The summed E-state index contributed by atoms with van der Waals surface area (Å²) in [6.07, 6.45) is 0. The van der Waals surface area contributed by atoms with Crippen molar-refractivity contribution in [3.63, 3.8) is 0 Å². The number of methoxy groups -OCH3 is 1. The number of benzene rings is 2. The quantitative estimate of drug-likeness (QED) is 0.831. The van der Waals surface area contributed by atoms with E-state index in [-0.39, 0.29) is 34.6 Å². The number of nitrogens with zero attached hydrogens (tertiary/aromatic N) is 1.